The zero-order valence-electron chi connectivity index (χ0n) is 12.9. The number of halogens is 1. The maximum Gasteiger partial charge on any atom is 0.123 e. The van der Waals surface area contributed by atoms with E-state index in [4.69, 9.17) is 0 Å². The van der Waals surface area contributed by atoms with Crippen molar-refractivity contribution in [2.24, 2.45) is 0 Å². The van der Waals surface area contributed by atoms with Crippen molar-refractivity contribution in [2.45, 2.75) is 39.2 Å². The minimum absolute atomic E-state index is 0.176. The van der Waals surface area contributed by atoms with Crippen LogP contribution in [-0.4, -0.2) is 6.54 Å². The van der Waals surface area contributed by atoms with Crippen molar-refractivity contribution in [1.29, 1.82) is 0 Å². The summed E-state index contributed by atoms with van der Waals surface area (Å²) >= 11 is 0. The first-order valence-electron chi connectivity index (χ1n) is 7.79. The Labute approximate surface area is 127 Å². The molecule has 0 fully saturated rings. The van der Waals surface area contributed by atoms with Crippen molar-refractivity contribution in [3.05, 3.63) is 71.0 Å². The smallest absolute Gasteiger partial charge is 0.123 e. The van der Waals surface area contributed by atoms with E-state index in [1.54, 1.807) is 0 Å². The fraction of sp³-hybridized carbons (Fsp3) is 0.368. The summed E-state index contributed by atoms with van der Waals surface area (Å²) in [6.07, 6.45) is 3.03. The molecule has 0 bridgehead atoms. The highest BCUT2D eigenvalue weighted by Crippen LogP contribution is 2.20. The molecule has 0 heterocycles. The van der Waals surface area contributed by atoms with E-state index in [1.165, 1.54) is 23.3 Å². The van der Waals surface area contributed by atoms with Crippen molar-refractivity contribution in [2.75, 3.05) is 6.54 Å². The van der Waals surface area contributed by atoms with Crippen LogP contribution in [0, 0.1) is 5.82 Å². The van der Waals surface area contributed by atoms with Crippen LogP contribution in [0.5, 0.6) is 0 Å². The molecule has 2 aromatic carbocycles. The lowest BCUT2D eigenvalue weighted by atomic mass is 9.96. The molecule has 2 rings (SSSR count). The molecule has 0 aliphatic rings. The molecular weight excluding hydrogens is 261 g/mol. The van der Waals surface area contributed by atoms with E-state index in [9.17, 15) is 4.39 Å². The van der Waals surface area contributed by atoms with Crippen molar-refractivity contribution in [3.63, 3.8) is 0 Å². The lowest BCUT2D eigenvalue weighted by Crippen LogP contribution is -2.24. The first kappa shape index (κ1) is 15.7. The molecule has 0 aliphatic carbocycles. The number of hydrogen-bond acceptors (Lipinski definition) is 1. The normalized spacial score (nSPS) is 12.3. The SMILES string of the molecule is CCCNC(Cc1ccc(F)cc1)c1cccc(CC)c1. The summed E-state index contributed by atoms with van der Waals surface area (Å²) in [4.78, 5) is 0. The van der Waals surface area contributed by atoms with Crippen molar-refractivity contribution < 1.29 is 4.39 Å². The quantitative estimate of drug-likeness (QED) is 0.779. The topological polar surface area (TPSA) is 12.0 Å². The monoisotopic (exact) mass is 285 g/mol. The van der Waals surface area contributed by atoms with Gasteiger partial charge in [-0.3, -0.25) is 0 Å². The molecule has 0 saturated carbocycles. The minimum Gasteiger partial charge on any atom is -0.310 e. The molecule has 0 spiro atoms. The van der Waals surface area contributed by atoms with E-state index in [0.29, 0.717) is 0 Å². The fourth-order valence-corrected chi connectivity index (χ4v) is 2.51. The second kappa shape index (κ2) is 7.94. The number of hydrogen-bond donors (Lipinski definition) is 1. The van der Waals surface area contributed by atoms with Gasteiger partial charge in [0, 0.05) is 6.04 Å². The second-order valence-electron chi connectivity index (χ2n) is 5.44. The lowest BCUT2D eigenvalue weighted by Gasteiger charge is -2.20. The number of rotatable bonds is 7. The van der Waals surface area contributed by atoms with E-state index in [0.717, 1.165) is 31.4 Å². The average molecular weight is 285 g/mol. The van der Waals surface area contributed by atoms with Crippen LogP contribution in [-0.2, 0) is 12.8 Å². The van der Waals surface area contributed by atoms with E-state index in [-0.39, 0.29) is 11.9 Å². The first-order valence-corrected chi connectivity index (χ1v) is 7.79. The second-order valence-corrected chi connectivity index (χ2v) is 5.44. The van der Waals surface area contributed by atoms with Gasteiger partial charge in [-0.15, -0.1) is 0 Å². The Bertz CT molecular complexity index is 548. The van der Waals surface area contributed by atoms with Gasteiger partial charge in [-0.05, 0) is 54.6 Å². The van der Waals surface area contributed by atoms with Crippen LogP contribution in [0.2, 0.25) is 0 Å². The lowest BCUT2D eigenvalue weighted by molar-refractivity contribution is 0.528. The van der Waals surface area contributed by atoms with Gasteiger partial charge in [-0.2, -0.15) is 0 Å². The Balaban J connectivity index is 2.18. The van der Waals surface area contributed by atoms with Crippen LogP contribution < -0.4 is 5.32 Å². The Morgan fingerprint density at radius 3 is 2.43 bits per heavy atom. The Morgan fingerprint density at radius 1 is 1.00 bits per heavy atom. The van der Waals surface area contributed by atoms with Gasteiger partial charge in [-0.25, -0.2) is 4.39 Å². The summed E-state index contributed by atoms with van der Waals surface area (Å²) in [5, 5.41) is 3.61. The highest BCUT2D eigenvalue weighted by Gasteiger charge is 2.12. The van der Waals surface area contributed by atoms with Gasteiger partial charge in [0.15, 0.2) is 0 Å². The molecule has 0 saturated heterocycles. The highest BCUT2D eigenvalue weighted by atomic mass is 19.1. The molecule has 0 aliphatic heterocycles. The first-order chi connectivity index (χ1) is 10.2. The third-order valence-corrected chi connectivity index (χ3v) is 3.76. The van der Waals surface area contributed by atoms with Crippen molar-refractivity contribution >= 4 is 0 Å². The summed E-state index contributed by atoms with van der Waals surface area (Å²) in [7, 11) is 0. The molecule has 1 atom stereocenters. The van der Waals surface area contributed by atoms with Gasteiger partial charge < -0.3 is 5.32 Å². The Kier molecular flexibility index (Phi) is 5.94. The van der Waals surface area contributed by atoms with E-state index < -0.39 is 0 Å². The molecule has 0 radical (unpaired) electrons. The summed E-state index contributed by atoms with van der Waals surface area (Å²) in [6.45, 7) is 5.33. The summed E-state index contributed by atoms with van der Waals surface area (Å²) in [5.41, 5.74) is 3.83. The number of aryl methyl sites for hydroxylation is 1. The van der Waals surface area contributed by atoms with Gasteiger partial charge in [0.05, 0.1) is 0 Å². The van der Waals surface area contributed by atoms with E-state index >= 15 is 0 Å². The molecule has 2 aromatic rings. The van der Waals surface area contributed by atoms with Gasteiger partial charge in [0.2, 0.25) is 0 Å². The van der Waals surface area contributed by atoms with Crippen LogP contribution in [0.1, 0.15) is 43.0 Å². The number of nitrogens with one attached hydrogen (secondary N) is 1. The zero-order chi connectivity index (χ0) is 15.1. The van der Waals surface area contributed by atoms with E-state index in [1.807, 2.05) is 12.1 Å². The van der Waals surface area contributed by atoms with Crippen LogP contribution in [0.25, 0.3) is 0 Å². The van der Waals surface area contributed by atoms with Gasteiger partial charge in [-0.1, -0.05) is 50.2 Å². The van der Waals surface area contributed by atoms with Gasteiger partial charge in [0.25, 0.3) is 0 Å². The minimum atomic E-state index is -0.176. The molecule has 0 amide bonds. The van der Waals surface area contributed by atoms with Crippen molar-refractivity contribution in [1.82, 2.24) is 5.32 Å². The molecule has 21 heavy (non-hydrogen) atoms. The number of benzene rings is 2. The highest BCUT2D eigenvalue weighted by molar-refractivity contribution is 5.28. The summed E-state index contributed by atoms with van der Waals surface area (Å²) in [5.74, 6) is -0.176. The Hall–Kier alpha value is -1.67. The standard InChI is InChI=1S/C19H24FN/c1-3-12-21-19(14-16-8-10-18(20)11-9-16)17-7-5-6-15(4-2)13-17/h5-11,13,19,21H,3-4,12,14H2,1-2H3. The van der Waals surface area contributed by atoms with Crippen LogP contribution in [0.3, 0.4) is 0 Å². The molecule has 112 valence electrons. The van der Waals surface area contributed by atoms with Crippen LogP contribution in [0.4, 0.5) is 4.39 Å². The Morgan fingerprint density at radius 2 is 1.76 bits per heavy atom. The zero-order valence-corrected chi connectivity index (χ0v) is 12.9. The molecule has 1 N–H and O–H groups in total. The third kappa shape index (κ3) is 4.68. The average Bonchev–Trinajstić information content (AvgIpc) is 2.53. The molecule has 2 heteroatoms. The predicted molar refractivity (Wildman–Crippen MR) is 87.0 cm³/mol. The largest absolute Gasteiger partial charge is 0.310 e. The summed E-state index contributed by atoms with van der Waals surface area (Å²) < 4.78 is 13.0. The van der Waals surface area contributed by atoms with Gasteiger partial charge in [0.1, 0.15) is 5.82 Å². The summed E-state index contributed by atoms with van der Waals surface area (Å²) in [6, 6.07) is 15.8. The van der Waals surface area contributed by atoms with Gasteiger partial charge >= 0.3 is 0 Å². The predicted octanol–water partition coefficient (Wildman–Crippen LogP) is 4.67. The maximum atomic E-state index is 13.0. The fourth-order valence-electron chi connectivity index (χ4n) is 2.51. The molecule has 1 unspecified atom stereocenters. The molecule has 0 aromatic heterocycles. The molecular formula is C19H24FN. The third-order valence-electron chi connectivity index (χ3n) is 3.76. The van der Waals surface area contributed by atoms with E-state index in [2.05, 4.69) is 43.4 Å². The maximum absolute atomic E-state index is 13.0. The van der Waals surface area contributed by atoms with Crippen LogP contribution >= 0.6 is 0 Å². The molecule has 1 nitrogen and oxygen atoms in total. The van der Waals surface area contributed by atoms with Crippen LogP contribution in [0.15, 0.2) is 48.5 Å². The van der Waals surface area contributed by atoms with Crippen molar-refractivity contribution in [3.8, 4) is 0 Å².